The number of rotatable bonds is 3. The lowest BCUT2D eigenvalue weighted by Gasteiger charge is -2.51. The Hall–Kier alpha value is -1.30. The van der Waals surface area contributed by atoms with Crippen molar-refractivity contribution in [3.63, 3.8) is 0 Å². The molecule has 6 nitrogen and oxygen atoms in total. The van der Waals surface area contributed by atoms with Gasteiger partial charge in [-0.2, -0.15) is 0 Å². The molecule has 0 atom stereocenters. The third-order valence-electron chi connectivity index (χ3n) is 5.71. The highest BCUT2D eigenvalue weighted by Crippen LogP contribution is 2.50. The molecule has 2 saturated heterocycles. The van der Waals surface area contributed by atoms with Crippen molar-refractivity contribution in [1.29, 1.82) is 0 Å². The van der Waals surface area contributed by atoms with E-state index in [1.54, 1.807) is 4.90 Å². The van der Waals surface area contributed by atoms with E-state index in [1.807, 2.05) is 6.92 Å². The molecule has 1 spiro atoms. The number of hydrogen-bond donors (Lipinski definition) is 1. The lowest BCUT2D eigenvalue weighted by atomic mass is 9.64. The highest BCUT2D eigenvalue weighted by molar-refractivity contribution is 5.72. The number of carbonyl (C=O) groups excluding carboxylic acids is 1. The van der Waals surface area contributed by atoms with Gasteiger partial charge in [0.1, 0.15) is 0 Å². The topological polar surface area (TPSA) is 70.1 Å². The average molecular weight is 310 g/mol. The third kappa shape index (κ3) is 2.93. The molecule has 124 valence electrons. The minimum absolute atomic E-state index is 0.0416. The standard InChI is InChI=1S/C16H26N2O4/c1-2-22-14(19)12-3-6-17(7-4-12)13-9-16(10-13)5-8-18(11-16)15(20)21/h12-13H,2-11H2,1H3,(H,20,21). The molecule has 22 heavy (non-hydrogen) atoms. The summed E-state index contributed by atoms with van der Waals surface area (Å²) in [5.41, 5.74) is 0.237. The van der Waals surface area contributed by atoms with Crippen LogP contribution in [0.2, 0.25) is 0 Å². The molecular weight excluding hydrogens is 284 g/mol. The molecule has 0 aromatic rings. The number of piperidine rings is 1. The van der Waals surface area contributed by atoms with Crippen LogP contribution in [0.15, 0.2) is 0 Å². The molecule has 1 aliphatic carbocycles. The first kappa shape index (κ1) is 15.6. The number of carboxylic acid groups (broad SMARTS) is 1. The van der Waals surface area contributed by atoms with Gasteiger partial charge in [-0.3, -0.25) is 4.79 Å². The summed E-state index contributed by atoms with van der Waals surface area (Å²) in [6, 6.07) is 0.580. The maximum absolute atomic E-state index is 11.8. The van der Waals surface area contributed by atoms with Crippen molar-refractivity contribution in [3.8, 4) is 0 Å². The Morgan fingerprint density at radius 2 is 1.91 bits per heavy atom. The summed E-state index contributed by atoms with van der Waals surface area (Å²) in [6.45, 7) is 5.64. The lowest BCUT2D eigenvalue weighted by molar-refractivity contribution is -0.150. The first-order valence-corrected chi connectivity index (χ1v) is 8.41. The van der Waals surface area contributed by atoms with Crippen molar-refractivity contribution in [2.45, 2.75) is 45.1 Å². The number of hydrogen-bond acceptors (Lipinski definition) is 4. The Labute approximate surface area is 131 Å². The SMILES string of the molecule is CCOC(=O)C1CCN(C2CC3(CCN(C(=O)O)C3)C2)CC1. The van der Waals surface area contributed by atoms with E-state index in [0.29, 0.717) is 25.7 Å². The lowest BCUT2D eigenvalue weighted by Crippen LogP contribution is -2.54. The minimum Gasteiger partial charge on any atom is -0.466 e. The highest BCUT2D eigenvalue weighted by Gasteiger charge is 2.51. The third-order valence-corrected chi connectivity index (χ3v) is 5.71. The molecule has 0 unspecified atom stereocenters. The molecular formula is C16H26N2O4. The molecule has 3 aliphatic rings. The predicted molar refractivity (Wildman–Crippen MR) is 80.6 cm³/mol. The van der Waals surface area contributed by atoms with Gasteiger partial charge < -0.3 is 19.6 Å². The minimum atomic E-state index is -0.782. The summed E-state index contributed by atoms with van der Waals surface area (Å²) in [6.07, 6.45) is 4.24. The molecule has 1 saturated carbocycles. The van der Waals surface area contributed by atoms with E-state index < -0.39 is 6.09 Å². The second-order valence-electron chi connectivity index (χ2n) is 7.08. The zero-order valence-electron chi connectivity index (χ0n) is 13.3. The molecule has 6 heteroatoms. The van der Waals surface area contributed by atoms with Gasteiger partial charge in [0.05, 0.1) is 12.5 Å². The molecule has 0 bridgehead atoms. The normalized spacial score (nSPS) is 33.0. The molecule has 0 radical (unpaired) electrons. The van der Waals surface area contributed by atoms with E-state index in [-0.39, 0.29) is 17.3 Å². The van der Waals surface area contributed by atoms with Crippen LogP contribution in [-0.4, -0.2) is 65.8 Å². The summed E-state index contributed by atoms with van der Waals surface area (Å²) >= 11 is 0. The second kappa shape index (κ2) is 6.07. The monoisotopic (exact) mass is 310 g/mol. The van der Waals surface area contributed by atoms with Gasteiger partial charge in [0.15, 0.2) is 0 Å². The van der Waals surface area contributed by atoms with Crippen LogP contribution in [0.5, 0.6) is 0 Å². The summed E-state index contributed by atoms with van der Waals surface area (Å²) in [5.74, 6) is 0.0272. The predicted octanol–water partition coefficient (Wildman–Crippen LogP) is 1.79. The fourth-order valence-corrected chi connectivity index (χ4v) is 4.39. The van der Waals surface area contributed by atoms with Crippen LogP contribution >= 0.6 is 0 Å². The van der Waals surface area contributed by atoms with Gasteiger partial charge in [-0.25, -0.2) is 4.79 Å². The Balaban J connectivity index is 1.43. The fourth-order valence-electron chi connectivity index (χ4n) is 4.39. The summed E-state index contributed by atoms with van der Waals surface area (Å²) in [4.78, 5) is 26.8. The quantitative estimate of drug-likeness (QED) is 0.805. The largest absolute Gasteiger partial charge is 0.466 e. The summed E-state index contributed by atoms with van der Waals surface area (Å²) < 4.78 is 5.11. The number of nitrogens with zero attached hydrogens (tertiary/aromatic N) is 2. The Bertz CT molecular complexity index is 439. The first-order chi connectivity index (χ1) is 10.5. The average Bonchev–Trinajstić information content (AvgIpc) is 2.92. The van der Waals surface area contributed by atoms with Gasteiger partial charge in [-0.05, 0) is 57.5 Å². The Morgan fingerprint density at radius 1 is 1.23 bits per heavy atom. The van der Waals surface area contributed by atoms with E-state index in [1.165, 1.54) is 0 Å². The zero-order valence-corrected chi connectivity index (χ0v) is 13.3. The van der Waals surface area contributed by atoms with Crippen LogP contribution in [0.4, 0.5) is 4.79 Å². The van der Waals surface area contributed by atoms with Gasteiger partial charge in [0.25, 0.3) is 0 Å². The Morgan fingerprint density at radius 3 is 2.45 bits per heavy atom. The highest BCUT2D eigenvalue weighted by atomic mass is 16.5. The molecule has 1 amide bonds. The maximum Gasteiger partial charge on any atom is 0.407 e. The van der Waals surface area contributed by atoms with Crippen molar-refractivity contribution < 1.29 is 19.4 Å². The smallest absolute Gasteiger partial charge is 0.407 e. The van der Waals surface area contributed by atoms with Crippen molar-refractivity contribution in [2.24, 2.45) is 11.3 Å². The molecule has 2 heterocycles. The van der Waals surface area contributed by atoms with Crippen molar-refractivity contribution >= 4 is 12.1 Å². The van der Waals surface area contributed by atoms with E-state index in [9.17, 15) is 9.59 Å². The van der Waals surface area contributed by atoms with Crippen LogP contribution in [0.1, 0.15) is 39.0 Å². The first-order valence-electron chi connectivity index (χ1n) is 8.41. The van der Waals surface area contributed by atoms with Crippen molar-refractivity contribution in [1.82, 2.24) is 9.80 Å². The molecule has 3 fully saturated rings. The van der Waals surface area contributed by atoms with E-state index >= 15 is 0 Å². The molecule has 1 N–H and O–H groups in total. The van der Waals surface area contributed by atoms with E-state index in [0.717, 1.165) is 45.2 Å². The van der Waals surface area contributed by atoms with Gasteiger partial charge >= 0.3 is 12.1 Å². The molecule has 0 aromatic heterocycles. The number of likely N-dealkylation sites (tertiary alicyclic amines) is 2. The summed E-state index contributed by atoms with van der Waals surface area (Å²) in [5, 5.41) is 9.08. The maximum atomic E-state index is 11.8. The van der Waals surface area contributed by atoms with Crippen LogP contribution < -0.4 is 0 Å². The van der Waals surface area contributed by atoms with Gasteiger partial charge in [0.2, 0.25) is 0 Å². The Kier molecular flexibility index (Phi) is 4.30. The van der Waals surface area contributed by atoms with Crippen LogP contribution in [-0.2, 0) is 9.53 Å². The van der Waals surface area contributed by atoms with Gasteiger partial charge in [-0.15, -0.1) is 0 Å². The van der Waals surface area contributed by atoms with Crippen molar-refractivity contribution in [3.05, 3.63) is 0 Å². The number of carbonyl (C=O) groups is 2. The number of esters is 1. The number of ether oxygens (including phenoxy) is 1. The van der Waals surface area contributed by atoms with Gasteiger partial charge in [0, 0.05) is 19.1 Å². The number of amides is 1. The zero-order chi connectivity index (χ0) is 15.7. The molecule has 3 rings (SSSR count). The molecule has 2 aliphatic heterocycles. The van der Waals surface area contributed by atoms with Gasteiger partial charge in [-0.1, -0.05) is 0 Å². The van der Waals surface area contributed by atoms with E-state index in [2.05, 4.69) is 4.90 Å². The van der Waals surface area contributed by atoms with Crippen molar-refractivity contribution in [2.75, 3.05) is 32.8 Å². The fraction of sp³-hybridized carbons (Fsp3) is 0.875. The van der Waals surface area contributed by atoms with Crippen LogP contribution in [0.3, 0.4) is 0 Å². The van der Waals surface area contributed by atoms with E-state index in [4.69, 9.17) is 9.84 Å². The summed E-state index contributed by atoms with van der Waals surface area (Å²) in [7, 11) is 0. The second-order valence-corrected chi connectivity index (χ2v) is 7.08. The van der Waals surface area contributed by atoms with Crippen LogP contribution in [0, 0.1) is 11.3 Å². The molecule has 0 aromatic carbocycles. The van der Waals surface area contributed by atoms with Crippen LogP contribution in [0.25, 0.3) is 0 Å².